The second-order valence-electron chi connectivity index (χ2n) is 3.74. The van der Waals surface area contributed by atoms with E-state index in [-0.39, 0.29) is 0 Å². The Bertz CT molecular complexity index is 387. The van der Waals surface area contributed by atoms with Crippen LogP contribution in [0.1, 0.15) is 25.4 Å². The van der Waals surface area contributed by atoms with Gasteiger partial charge in [-0.15, -0.1) is 0 Å². The first kappa shape index (κ1) is 12.3. The molecular weight excluding hydrogens is 212 g/mol. The summed E-state index contributed by atoms with van der Waals surface area (Å²) in [7, 11) is 3.28. The smallest absolute Gasteiger partial charge is 0.139 e. The van der Waals surface area contributed by atoms with Crippen molar-refractivity contribution in [3.63, 3.8) is 0 Å². The monoisotopic (exact) mass is 228 g/mol. The molecule has 1 aromatic heterocycles. The largest absolute Gasteiger partial charge is 0.378 e. The summed E-state index contributed by atoms with van der Waals surface area (Å²) >= 11 is 5.08. The summed E-state index contributed by atoms with van der Waals surface area (Å²) in [5.41, 5.74) is 0.426. The van der Waals surface area contributed by atoms with Gasteiger partial charge in [-0.3, -0.25) is 0 Å². The molecule has 0 aromatic carbocycles. The predicted molar refractivity (Wildman–Crippen MR) is 60.2 cm³/mol. The number of aromatic nitrogens is 2. The molecule has 0 unspecified atom stereocenters. The summed E-state index contributed by atoms with van der Waals surface area (Å²) in [5.74, 6) is 0.713. The quantitative estimate of drug-likeness (QED) is 0.802. The first-order valence-corrected chi connectivity index (χ1v) is 5.05. The lowest BCUT2D eigenvalue weighted by Crippen LogP contribution is -2.23. The molecule has 0 aliphatic heterocycles. The third-order valence-corrected chi connectivity index (χ3v) is 2.39. The van der Waals surface area contributed by atoms with Crippen molar-refractivity contribution in [1.82, 2.24) is 9.97 Å². The molecule has 0 spiro atoms. The lowest BCUT2D eigenvalue weighted by atomic mass is 10.1. The third-order valence-electron chi connectivity index (χ3n) is 2.18. The van der Waals surface area contributed by atoms with E-state index in [2.05, 4.69) is 9.97 Å². The van der Waals surface area contributed by atoms with Crippen LogP contribution in [0.4, 0.5) is 0 Å². The fourth-order valence-corrected chi connectivity index (χ4v) is 1.36. The van der Waals surface area contributed by atoms with Crippen LogP contribution in [-0.4, -0.2) is 24.2 Å². The van der Waals surface area contributed by atoms with Crippen LogP contribution in [0.5, 0.6) is 0 Å². The van der Waals surface area contributed by atoms with E-state index >= 15 is 0 Å². The van der Waals surface area contributed by atoms with Crippen LogP contribution in [0.25, 0.3) is 0 Å². The Kier molecular flexibility index (Phi) is 3.96. The Morgan fingerprint density at radius 2 is 2.13 bits per heavy atom. The summed E-state index contributed by atoms with van der Waals surface area (Å²) in [4.78, 5) is 7.39. The van der Waals surface area contributed by atoms with Gasteiger partial charge in [-0.05, 0) is 19.9 Å². The number of nitrogens with one attached hydrogen (secondary N) is 1. The first-order valence-electron chi connectivity index (χ1n) is 4.64. The van der Waals surface area contributed by atoms with Crippen molar-refractivity contribution in [2.45, 2.75) is 26.1 Å². The van der Waals surface area contributed by atoms with Crippen molar-refractivity contribution in [2.75, 3.05) is 14.2 Å². The van der Waals surface area contributed by atoms with E-state index in [1.807, 2.05) is 13.8 Å². The fraction of sp³-hybridized carbons (Fsp3) is 0.600. The minimum absolute atomic E-state index is 0.475. The number of nitrogens with zero attached hydrogens (tertiary/aromatic N) is 1. The Morgan fingerprint density at radius 3 is 2.67 bits per heavy atom. The Hall–Kier alpha value is -0.780. The summed E-state index contributed by atoms with van der Waals surface area (Å²) in [6, 6.07) is 1.79. The molecule has 0 aliphatic carbocycles. The van der Waals surface area contributed by atoms with E-state index in [0.717, 1.165) is 5.69 Å². The van der Waals surface area contributed by atoms with Crippen molar-refractivity contribution < 1.29 is 9.47 Å². The topological polar surface area (TPSA) is 47.1 Å². The average molecular weight is 228 g/mol. The Morgan fingerprint density at radius 1 is 1.47 bits per heavy atom. The van der Waals surface area contributed by atoms with Gasteiger partial charge in [0, 0.05) is 19.9 Å². The average Bonchev–Trinajstić information content (AvgIpc) is 2.17. The van der Waals surface area contributed by atoms with Gasteiger partial charge in [-0.2, -0.15) is 0 Å². The maximum Gasteiger partial charge on any atom is 0.139 e. The van der Waals surface area contributed by atoms with Gasteiger partial charge in [-0.25, -0.2) is 4.98 Å². The minimum atomic E-state index is -0.475. The molecule has 0 saturated carbocycles. The number of aromatic amines is 1. The highest BCUT2D eigenvalue weighted by Gasteiger charge is 2.22. The molecule has 0 bridgehead atoms. The second kappa shape index (κ2) is 4.83. The van der Waals surface area contributed by atoms with Crippen LogP contribution in [0, 0.1) is 4.64 Å². The van der Waals surface area contributed by atoms with Crippen LogP contribution in [0.15, 0.2) is 6.07 Å². The van der Waals surface area contributed by atoms with Crippen LogP contribution >= 0.6 is 12.2 Å². The fourth-order valence-electron chi connectivity index (χ4n) is 1.12. The molecule has 0 radical (unpaired) electrons. The molecule has 5 heteroatoms. The first-order chi connectivity index (χ1) is 6.99. The van der Waals surface area contributed by atoms with Gasteiger partial charge < -0.3 is 14.5 Å². The van der Waals surface area contributed by atoms with Gasteiger partial charge in [0.05, 0.1) is 6.61 Å². The number of methoxy groups -OCH3 is 2. The third kappa shape index (κ3) is 3.09. The Labute approximate surface area is 94.6 Å². The number of H-pyrrole nitrogens is 1. The number of rotatable bonds is 4. The Balaban J connectivity index is 3.14. The molecular formula is C10H16N2O2S. The van der Waals surface area contributed by atoms with Gasteiger partial charge in [0.15, 0.2) is 0 Å². The van der Waals surface area contributed by atoms with Crippen molar-refractivity contribution in [2.24, 2.45) is 0 Å². The minimum Gasteiger partial charge on any atom is -0.378 e. The van der Waals surface area contributed by atoms with Crippen molar-refractivity contribution in [3.8, 4) is 0 Å². The van der Waals surface area contributed by atoms with Crippen molar-refractivity contribution >= 4 is 12.2 Å². The van der Waals surface area contributed by atoms with Crippen molar-refractivity contribution in [1.29, 1.82) is 0 Å². The predicted octanol–water partition coefficient (Wildman–Crippen LogP) is 2.17. The molecule has 0 aliphatic rings. The van der Waals surface area contributed by atoms with Gasteiger partial charge in [-0.1, -0.05) is 12.2 Å². The van der Waals surface area contributed by atoms with Gasteiger partial charge in [0.1, 0.15) is 16.1 Å². The zero-order chi connectivity index (χ0) is 11.5. The molecule has 0 saturated heterocycles. The molecule has 84 valence electrons. The van der Waals surface area contributed by atoms with E-state index in [0.29, 0.717) is 17.1 Å². The molecule has 1 aromatic rings. The van der Waals surface area contributed by atoms with E-state index < -0.39 is 5.60 Å². The van der Waals surface area contributed by atoms with E-state index in [9.17, 15) is 0 Å². The molecule has 4 nitrogen and oxygen atoms in total. The standard InChI is InChI=1S/C10H16N2O2S/c1-10(2,14-4)9-11-7(6-13-3)5-8(15)12-9/h5H,6H2,1-4H3,(H,11,12,15). The summed E-state index contributed by atoms with van der Waals surface area (Å²) in [6.45, 7) is 4.34. The van der Waals surface area contributed by atoms with Gasteiger partial charge >= 0.3 is 0 Å². The highest BCUT2D eigenvalue weighted by molar-refractivity contribution is 7.71. The van der Waals surface area contributed by atoms with Crippen molar-refractivity contribution in [3.05, 3.63) is 22.2 Å². The zero-order valence-electron chi connectivity index (χ0n) is 9.46. The highest BCUT2D eigenvalue weighted by atomic mass is 32.1. The zero-order valence-corrected chi connectivity index (χ0v) is 10.3. The SMILES string of the molecule is COCc1cc(=S)nc(C(C)(C)OC)[nH]1. The van der Waals surface area contributed by atoms with E-state index in [1.165, 1.54) is 0 Å². The summed E-state index contributed by atoms with van der Waals surface area (Å²) in [5, 5.41) is 0. The normalized spacial score (nSPS) is 11.7. The second-order valence-corrected chi connectivity index (χ2v) is 4.16. The highest BCUT2D eigenvalue weighted by Crippen LogP contribution is 2.19. The lowest BCUT2D eigenvalue weighted by molar-refractivity contribution is 0.0109. The van der Waals surface area contributed by atoms with E-state index in [1.54, 1.807) is 20.3 Å². The molecule has 0 fully saturated rings. The molecule has 1 N–H and O–H groups in total. The van der Waals surface area contributed by atoms with Crippen LogP contribution < -0.4 is 0 Å². The number of ether oxygens (including phenoxy) is 2. The molecule has 1 rings (SSSR count). The molecule has 0 amide bonds. The van der Waals surface area contributed by atoms with Crippen LogP contribution in [-0.2, 0) is 21.7 Å². The van der Waals surface area contributed by atoms with Gasteiger partial charge in [0.25, 0.3) is 0 Å². The van der Waals surface area contributed by atoms with Crippen LogP contribution in [0.3, 0.4) is 0 Å². The summed E-state index contributed by atoms with van der Waals surface area (Å²) in [6.07, 6.45) is 0. The number of hydrogen-bond acceptors (Lipinski definition) is 4. The molecule has 1 heterocycles. The van der Waals surface area contributed by atoms with Gasteiger partial charge in [0.2, 0.25) is 0 Å². The maximum absolute atomic E-state index is 5.33. The lowest BCUT2D eigenvalue weighted by Gasteiger charge is -2.22. The summed E-state index contributed by atoms with van der Waals surface area (Å²) < 4.78 is 10.9. The number of hydrogen-bond donors (Lipinski definition) is 1. The van der Waals surface area contributed by atoms with Crippen LogP contribution in [0.2, 0.25) is 0 Å². The van der Waals surface area contributed by atoms with E-state index in [4.69, 9.17) is 21.7 Å². The maximum atomic E-state index is 5.33. The molecule has 0 atom stereocenters. The molecule has 15 heavy (non-hydrogen) atoms.